The lowest BCUT2D eigenvalue weighted by molar-refractivity contribution is -0.139. The molecule has 0 fully saturated rings. The van der Waals surface area contributed by atoms with Gasteiger partial charge in [0.2, 0.25) is 5.91 Å². The van der Waals surface area contributed by atoms with Crippen molar-refractivity contribution in [1.82, 2.24) is 5.32 Å². The summed E-state index contributed by atoms with van der Waals surface area (Å²) in [6, 6.07) is 5.54. The summed E-state index contributed by atoms with van der Waals surface area (Å²) in [6.07, 6.45) is 1.61. The number of fused-ring (bicyclic) bond motifs is 1. The minimum Gasteiger partial charge on any atom is -0.497 e. The van der Waals surface area contributed by atoms with Gasteiger partial charge in [0, 0.05) is 5.54 Å². The first kappa shape index (κ1) is 18.1. The first-order chi connectivity index (χ1) is 11.4. The van der Waals surface area contributed by atoms with Crippen LogP contribution in [0, 0.1) is 5.92 Å². The zero-order valence-electron chi connectivity index (χ0n) is 14.4. The van der Waals surface area contributed by atoms with Crippen molar-refractivity contribution in [3.8, 4) is 11.5 Å². The standard InChI is InChI=1S/C18H25NO5/c1-4-18(5-2,10-16(20)21)19-17(22)13-8-12-9-14(23-3)6-7-15(12)24-11-13/h6-7,9,13H,4-5,8,10-11H2,1-3H3,(H,19,22)(H,20,21). The Kier molecular flexibility index (Phi) is 5.70. The van der Waals surface area contributed by atoms with E-state index < -0.39 is 11.5 Å². The van der Waals surface area contributed by atoms with Crippen LogP contribution in [0.2, 0.25) is 0 Å². The highest BCUT2D eigenvalue weighted by molar-refractivity contribution is 5.81. The fourth-order valence-electron chi connectivity index (χ4n) is 3.04. The number of carbonyl (C=O) groups is 2. The number of hydrogen-bond acceptors (Lipinski definition) is 4. The first-order valence-corrected chi connectivity index (χ1v) is 8.26. The summed E-state index contributed by atoms with van der Waals surface area (Å²) in [6.45, 7) is 4.08. The molecular formula is C18H25NO5. The third-order valence-electron chi connectivity index (χ3n) is 4.78. The number of benzene rings is 1. The van der Waals surface area contributed by atoms with Crippen LogP contribution in [0.5, 0.6) is 11.5 Å². The molecule has 6 heteroatoms. The van der Waals surface area contributed by atoms with Gasteiger partial charge in [-0.1, -0.05) is 13.8 Å². The highest BCUT2D eigenvalue weighted by Crippen LogP contribution is 2.31. The maximum absolute atomic E-state index is 12.7. The molecule has 0 spiro atoms. The van der Waals surface area contributed by atoms with Gasteiger partial charge in [-0.05, 0) is 43.0 Å². The molecule has 1 aromatic carbocycles. The highest BCUT2D eigenvalue weighted by atomic mass is 16.5. The molecule has 0 aromatic heterocycles. The molecule has 6 nitrogen and oxygen atoms in total. The molecule has 0 bridgehead atoms. The van der Waals surface area contributed by atoms with Gasteiger partial charge in [-0.15, -0.1) is 0 Å². The molecule has 132 valence electrons. The van der Waals surface area contributed by atoms with Crippen LogP contribution in [0.15, 0.2) is 18.2 Å². The lowest BCUT2D eigenvalue weighted by Crippen LogP contribution is -2.52. The molecule has 1 heterocycles. The molecule has 0 saturated heterocycles. The third kappa shape index (κ3) is 3.99. The van der Waals surface area contributed by atoms with E-state index >= 15 is 0 Å². The fraction of sp³-hybridized carbons (Fsp3) is 0.556. The SMILES string of the molecule is CCC(CC)(CC(=O)O)NC(=O)C1COc2ccc(OC)cc2C1. The van der Waals surface area contributed by atoms with Gasteiger partial charge in [-0.25, -0.2) is 0 Å². The maximum atomic E-state index is 12.7. The summed E-state index contributed by atoms with van der Waals surface area (Å²) in [4.78, 5) is 23.8. The average Bonchev–Trinajstić information content (AvgIpc) is 2.59. The Hall–Kier alpha value is -2.24. The molecule has 1 unspecified atom stereocenters. The van der Waals surface area contributed by atoms with Crippen molar-refractivity contribution in [3.63, 3.8) is 0 Å². The molecule has 0 aliphatic carbocycles. The van der Waals surface area contributed by atoms with Crippen LogP contribution in [-0.2, 0) is 16.0 Å². The van der Waals surface area contributed by atoms with Gasteiger partial charge < -0.3 is 19.9 Å². The molecule has 2 N–H and O–H groups in total. The fourth-order valence-corrected chi connectivity index (χ4v) is 3.04. The van der Waals surface area contributed by atoms with Gasteiger partial charge in [0.1, 0.15) is 18.1 Å². The summed E-state index contributed by atoms with van der Waals surface area (Å²) in [5, 5.41) is 12.1. The molecule has 0 saturated carbocycles. The van der Waals surface area contributed by atoms with E-state index in [1.54, 1.807) is 7.11 Å². The van der Waals surface area contributed by atoms with E-state index in [1.165, 1.54) is 0 Å². The Labute approximate surface area is 142 Å². The molecule has 1 aliphatic heterocycles. The van der Waals surface area contributed by atoms with Crippen molar-refractivity contribution in [3.05, 3.63) is 23.8 Å². The van der Waals surface area contributed by atoms with Gasteiger partial charge in [0.15, 0.2) is 0 Å². The van der Waals surface area contributed by atoms with Crippen LogP contribution in [-0.4, -0.2) is 36.2 Å². The molecule has 2 rings (SSSR count). The maximum Gasteiger partial charge on any atom is 0.305 e. The van der Waals surface area contributed by atoms with E-state index in [0.717, 1.165) is 17.1 Å². The lowest BCUT2D eigenvalue weighted by Gasteiger charge is -2.34. The number of hydrogen-bond donors (Lipinski definition) is 2. The monoisotopic (exact) mass is 335 g/mol. The number of aliphatic carboxylic acids is 1. The van der Waals surface area contributed by atoms with Gasteiger partial charge in [-0.2, -0.15) is 0 Å². The third-order valence-corrected chi connectivity index (χ3v) is 4.78. The number of carboxylic acids is 1. The summed E-state index contributed by atoms with van der Waals surface area (Å²) in [7, 11) is 1.60. The van der Waals surface area contributed by atoms with Crippen molar-refractivity contribution in [1.29, 1.82) is 0 Å². The molecule has 0 radical (unpaired) electrons. The number of carboxylic acid groups (broad SMARTS) is 1. The van der Waals surface area contributed by atoms with Gasteiger partial charge in [0.25, 0.3) is 0 Å². The van der Waals surface area contributed by atoms with Crippen LogP contribution >= 0.6 is 0 Å². The largest absolute Gasteiger partial charge is 0.497 e. The van der Waals surface area contributed by atoms with E-state index in [1.807, 2.05) is 32.0 Å². The number of amides is 1. The van der Waals surface area contributed by atoms with Gasteiger partial charge in [0.05, 0.1) is 19.4 Å². The minimum atomic E-state index is -0.908. The van der Waals surface area contributed by atoms with Crippen molar-refractivity contribution in [2.45, 2.75) is 45.1 Å². The van der Waals surface area contributed by atoms with Crippen molar-refractivity contribution < 1.29 is 24.2 Å². The summed E-state index contributed by atoms with van der Waals surface area (Å²) >= 11 is 0. The second-order valence-electron chi connectivity index (χ2n) is 6.23. The van der Waals surface area contributed by atoms with E-state index in [0.29, 0.717) is 25.9 Å². The highest BCUT2D eigenvalue weighted by Gasteiger charge is 2.35. The molecule has 1 aliphatic rings. The number of rotatable bonds is 7. The number of ether oxygens (including phenoxy) is 2. The molecule has 1 aromatic rings. The van der Waals surface area contributed by atoms with E-state index in [2.05, 4.69) is 5.32 Å². The van der Waals surface area contributed by atoms with Gasteiger partial charge >= 0.3 is 5.97 Å². The smallest absolute Gasteiger partial charge is 0.305 e. The minimum absolute atomic E-state index is 0.0796. The Morgan fingerprint density at radius 3 is 2.67 bits per heavy atom. The van der Waals surface area contributed by atoms with Crippen molar-refractivity contribution in [2.24, 2.45) is 5.92 Å². The summed E-state index contributed by atoms with van der Waals surface area (Å²) < 4.78 is 10.9. The quantitative estimate of drug-likeness (QED) is 0.799. The topological polar surface area (TPSA) is 84.9 Å². The van der Waals surface area contributed by atoms with Crippen LogP contribution in [0.1, 0.15) is 38.7 Å². The van der Waals surface area contributed by atoms with Crippen molar-refractivity contribution >= 4 is 11.9 Å². The Balaban J connectivity index is 2.11. The second-order valence-corrected chi connectivity index (χ2v) is 6.23. The Morgan fingerprint density at radius 1 is 1.38 bits per heavy atom. The Morgan fingerprint density at radius 2 is 2.08 bits per heavy atom. The van der Waals surface area contributed by atoms with Crippen LogP contribution in [0.25, 0.3) is 0 Å². The lowest BCUT2D eigenvalue weighted by atomic mass is 9.87. The van der Waals surface area contributed by atoms with Gasteiger partial charge in [-0.3, -0.25) is 9.59 Å². The summed E-state index contributed by atoms with van der Waals surface area (Å²) in [5.41, 5.74) is 0.218. The molecule has 1 atom stereocenters. The molecule has 24 heavy (non-hydrogen) atoms. The predicted molar refractivity (Wildman–Crippen MR) is 89.4 cm³/mol. The summed E-state index contributed by atoms with van der Waals surface area (Å²) in [5.74, 6) is 0.0849. The molecular weight excluding hydrogens is 310 g/mol. The average molecular weight is 335 g/mol. The normalized spacial score (nSPS) is 16.7. The first-order valence-electron chi connectivity index (χ1n) is 8.26. The zero-order chi connectivity index (χ0) is 17.7. The predicted octanol–water partition coefficient (Wildman–Crippen LogP) is 2.40. The number of carbonyl (C=O) groups excluding carboxylic acids is 1. The van der Waals surface area contributed by atoms with Crippen LogP contribution in [0.4, 0.5) is 0 Å². The van der Waals surface area contributed by atoms with Crippen molar-refractivity contribution in [2.75, 3.05) is 13.7 Å². The van der Waals surface area contributed by atoms with Crippen LogP contribution in [0.3, 0.4) is 0 Å². The van der Waals surface area contributed by atoms with E-state index in [4.69, 9.17) is 14.6 Å². The Bertz CT molecular complexity index is 609. The van der Waals surface area contributed by atoms with E-state index in [9.17, 15) is 9.59 Å². The number of nitrogens with one attached hydrogen (secondary N) is 1. The van der Waals surface area contributed by atoms with E-state index in [-0.39, 0.29) is 18.2 Å². The number of methoxy groups -OCH3 is 1. The second kappa shape index (κ2) is 7.55. The molecule has 1 amide bonds. The zero-order valence-corrected chi connectivity index (χ0v) is 14.4. The van der Waals surface area contributed by atoms with Crippen LogP contribution < -0.4 is 14.8 Å².